The maximum absolute atomic E-state index is 10.9. The number of hydrogen-bond acceptors (Lipinski definition) is 3. The Balaban J connectivity index is 2.22. The predicted octanol–water partition coefficient (Wildman–Crippen LogP) is 3.46. The zero-order valence-corrected chi connectivity index (χ0v) is 14.4. The molecule has 4 nitrogen and oxygen atoms in total. The number of carboxylic acid groups (broad SMARTS) is 1. The Morgan fingerprint density at radius 3 is 2.76 bits per heavy atom. The summed E-state index contributed by atoms with van der Waals surface area (Å²) in [5.41, 5.74) is 2.26. The van der Waals surface area contributed by atoms with Gasteiger partial charge in [-0.3, -0.25) is 9.69 Å². The Morgan fingerprint density at radius 1 is 1.43 bits per heavy atom. The molecule has 1 aromatic carbocycles. The average molecular weight is 356 g/mol. The summed E-state index contributed by atoms with van der Waals surface area (Å²) in [7, 11) is 0. The maximum atomic E-state index is 10.9. The van der Waals surface area contributed by atoms with E-state index in [0.717, 1.165) is 28.8 Å². The van der Waals surface area contributed by atoms with Crippen molar-refractivity contribution < 1.29 is 14.6 Å². The van der Waals surface area contributed by atoms with Crippen molar-refractivity contribution in [1.82, 2.24) is 4.90 Å². The molecule has 0 aromatic heterocycles. The van der Waals surface area contributed by atoms with E-state index in [1.807, 2.05) is 0 Å². The normalized spacial score (nSPS) is 14.1. The fraction of sp³-hybridized carbons (Fsp3) is 0.562. The van der Waals surface area contributed by atoms with Crippen LogP contribution < -0.4 is 4.74 Å². The van der Waals surface area contributed by atoms with Gasteiger partial charge in [-0.05, 0) is 38.5 Å². The molecule has 0 amide bonds. The molecule has 0 radical (unpaired) electrons. The van der Waals surface area contributed by atoms with Gasteiger partial charge in [0.2, 0.25) is 0 Å². The molecule has 0 aliphatic carbocycles. The van der Waals surface area contributed by atoms with Crippen LogP contribution in [0.4, 0.5) is 0 Å². The first-order chi connectivity index (χ1) is 9.77. The number of aliphatic carboxylic acids is 1. The van der Waals surface area contributed by atoms with E-state index in [1.165, 1.54) is 5.56 Å². The number of ether oxygens (including phenoxy) is 1. The second kappa shape index (κ2) is 6.36. The number of carboxylic acids is 1. The average Bonchev–Trinajstić information content (AvgIpc) is 2.80. The highest BCUT2D eigenvalue weighted by Gasteiger charge is 2.25. The molecule has 116 valence electrons. The zero-order chi connectivity index (χ0) is 15.6. The third kappa shape index (κ3) is 4.20. The van der Waals surface area contributed by atoms with Crippen LogP contribution in [0.5, 0.6) is 5.75 Å². The SMILES string of the molecule is CC(C)(C)N(CCC(=O)O)Cc1cc(Br)cc2c1OCC2. The van der Waals surface area contributed by atoms with Crippen LogP contribution >= 0.6 is 15.9 Å². The summed E-state index contributed by atoms with van der Waals surface area (Å²) in [6.07, 6.45) is 1.08. The molecule has 1 aliphatic rings. The van der Waals surface area contributed by atoms with Gasteiger partial charge in [-0.15, -0.1) is 0 Å². The number of benzene rings is 1. The second-order valence-corrected chi connectivity index (χ2v) is 7.30. The number of hydrogen-bond donors (Lipinski definition) is 1. The van der Waals surface area contributed by atoms with Crippen molar-refractivity contribution in [2.75, 3.05) is 13.2 Å². The van der Waals surface area contributed by atoms with E-state index in [-0.39, 0.29) is 12.0 Å². The summed E-state index contributed by atoms with van der Waals surface area (Å²) in [4.78, 5) is 13.1. The highest BCUT2D eigenvalue weighted by molar-refractivity contribution is 9.10. The highest BCUT2D eigenvalue weighted by atomic mass is 79.9. The standard InChI is InChI=1S/C16H22BrNO3/c1-16(2,3)18(6-4-14(19)20)10-12-9-13(17)8-11-5-7-21-15(11)12/h8-9H,4-7,10H2,1-3H3,(H,19,20). The molecule has 0 bridgehead atoms. The van der Waals surface area contributed by atoms with Gasteiger partial charge in [-0.2, -0.15) is 0 Å². The quantitative estimate of drug-likeness (QED) is 0.878. The second-order valence-electron chi connectivity index (χ2n) is 6.39. The minimum atomic E-state index is -0.764. The Bertz CT molecular complexity index is 537. The topological polar surface area (TPSA) is 49.8 Å². The first-order valence-electron chi connectivity index (χ1n) is 7.18. The van der Waals surface area contributed by atoms with Gasteiger partial charge in [0.1, 0.15) is 5.75 Å². The Morgan fingerprint density at radius 2 is 2.14 bits per heavy atom. The number of carbonyl (C=O) groups is 1. The van der Waals surface area contributed by atoms with Crippen LogP contribution in [0.1, 0.15) is 38.3 Å². The van der Waals surface area contributed by atoms with Crippen LogP contribution in [-0.4, -0.2) is 34.7 Å². The van der Waals surface area contributed by atoms with Gasteiger partial charge < -0.3 is 9.84 Å². The van der Waals surface area contributed by atoms with E-state index in [2.05, 4.69) is 53.7 Å². The summed E-state index contributed by atoms with van der Waals surface area (Å²) in [5.74, 6) is 0.211. The minimum absolute atomic E-state index is 0.0940. The molecular weight excluding hydrogens is 334 g/mol. The van der Waals surface area contributed by atoms with E-state index in [0.29, 0.717) is 13.1 Å². The molecule has 0 fully saturated rings. The van der Waals surface area contributed by atoms with E-state index in [1.54, 1.807) is 0 Å². The molecule has 0 spiro atoms. The molecule has 1 aliphatic heterocycles. The lowest BCUT2D eigenvalue weighted by atomic mass is 10.0. The highest BCUT2D eigenvalue weighted by Crippen LogP contribution is 2.34. The Labute approximate surface area is 134 Å². The van der Waals surface area contributed by atoms with Gasteiger partial charge in [-0.25, -0.2) is 0 Å². The smallest absolute Gasteiger partial charge is 0.304 e. The van der Waals surface area contributed by atoms with Crippen LogP contribution in [0.15, 0.2) is 16.6 Å². The van der Waals surface area contributed by atoms with Gasteiger partial charge in [0.15, 0.2) is 0 Å². The van der Waals surface area contributed by atoms with Crippen molar-refractivity contribution in [3.8, 4) is 5.75 Å². The summed E-state index contributed by atoms with van der Waals surface area (Å²) in [6, 6.07) is 4.17. The predicted molar refractivity (Wildman–Crippen MR) is 85.8 cm³/mol. The fourth-order valence-corrected chi connectivity index (χ4v) is 3.10. The zero-order valence-electron chi connectivity index (χ0n) is 12.8. The van der Waals surface area contributed by atoms with Crippen molar-refractivity contribution in [3.05, 3.63) is 27.7 Å². The lowest BCUT2D eigenvalue weighted by Gasteiger charge is -2.35. The van der Waals surface area contributed by atoms with Crippen molar-refractivity contribution >= 4 is 21.9 Å². The molecule has 2 rings (SSSR count). The van der Waals surface area contributed by atoms with Gasteiger partial charge in [0, 0.05) is 35.1 Å². The minimum Gasteiger partial charge on any atom is -0.493 e. The molecular formula is C16H22BrNO3. The van der Waals surface area contributed by atoms with Crippen LogP contribution in [0.3, 0.4) is 0 Å². The van der Waals surface area contributed by atoms with Crippen LogP contribution in [0, 0.1) is 0 Å². The fourth-order valence-electron chi connectivity index (χ4n) is 2.55. The first kappa shape index (κ1) is 16.3. The summed E-state index contributed by atoms with van der Waals surface area (Å²) in [5, 5.41) is 8.93. The summed E-state index contributed by atoms with van der Waals surface area (Å²) >= 11 is 3.55. The molecule has 1 heterocycles. The van der Waals surface area contributed by atoms with Crippen LogP contribution in [0.2, 0.25) is 0 Å². The number of rotatable bonds is 5. The Kier molecular flexibility index (Phi) is 4.94. The van der Waals surface area contributed by atoms with Gasteiger partial charge >= 0.3 is 5.97 Å². The van der Waals surface area contributed by atoms with E-state index < -0.39 is 5.97 Å². The third-order valence-electron chi connectivity index (χ3n) is 3.73. The third-order valence-corrected chi connectivity index (χ3v) is 4.19. The van der Waals surface area contributed by atoms with Crippen molar-refractivity contribution in [2.24, 2.45) is 0 Å². The number of halogens is 1. The Hall–Kier alpha value is -1.07. The molecule has 0 atom stereocenters. The number of fused-ring (bicyclic) bond motifs is 1. The number of nitrogens with zero attached hydrogens (tertiary/aromatic N) is 1. The largest absolute Gasteiger partial charge is 0.493 e. The lowest BCUT2D eigenvalue weighted by Crippen LogP contribution is -2.42. The molecule has 1 aromatic rings. The van der Waals surface area contributed by atoms with Crippen LogP contribution in [0.25, 0.3) is 0 Å². The van der Waals surface area contributed by atoms with Gasteiger partial charge in [-0.1, -0.05) is 15.9 Å². The monoisotopic (exact) mass is 355 g/mol. The van der Waals surface area contributed by atoms with Crippen molar-refractivity contribution in [1.29, 1.82) is 0 Å². The van der Waals surface area contributed by atoms with Gasteiger partial charge in [0.25, 0.3) is 0 Å². The van der Waals surface area contributed by atoms with Crippen molar-refractivity contribution in [3.63, 3.8) is 0 Å². The van der Waals surface area contributed by atoms with Crippen molar-refractivity contribution in [2.45, 2.75) is 45.7 Å². The summed E-state index contributed by atoms with van der Waals surface area (Å²) < 4.78 is 6.81. The summed E-state index contributed by atoms with van der Waals surface area (Å²) in [6.45, 7) is 8.26. The lowest BCUT2D eigenvalue weighted by molar-refractivity contribution is -0.137. The maximum Gasteiger partial charge on any atom is 0.304 e. The molecule has 0 saturated heterocycles. The first-order valence-corrected chi connectivity index (χ1v) is 7.97. The van der Waals surface area contributed by atoms with Gasteiger partial charge in [0.05, 0.1) is 13.0 Å². The van der Waals surface area contributed by atoms with E-state index in [4.69, 9.17) is 9.84 Å². The molecule has 0 saturated carbocycles. The van der Waals surface area contributed by atoms with E-state index in [9.17, 15) is 4.79 Å². The molecule has 0 unspecified atom stereocenters. The van der Waals surface area contributed by atoms with E-state index >= 15 is 0 Å². The molecule has 1 N–H and O–H groups in total. The van der Waals surface area contributed by atoms with Crippen LogP contribution in [-0.2, 0) is 17.8 Å². The molecule has 21 heavy (non-hydrogen) atoms. The molecule has 5 heteroatoms.